The van der Waals surface area contributed by atoms with Crippen molar-refractivity contribution in [3.8, 4) is 0 Å². The van der Waals surface area contributed by atoms with Gasteiger partial charge in [0.2, 0.25) is 0 Å². The van der Waals surface area contributed by atoms with Crippen LogP contribution in [0.2, 0.25) is 0 Å². The quantitative estimate of drug-likeness (QED) is 0.659. The molecule has 1 aliphatic carbocycles. The van der Waals surface area contributed by atoms with E-state index in [0.29, 0.717) is 6.04 Å². The number of likely N-dealkylation sites (tertiary alicyclic amines) is 2. The van der Waals surface area contributed by atoms with Gasteiger partial charge in [-0.1, -0.05) is 67.4 Å². The molecule has 3 fully saturated rings. The zero-order valence-corrected chi connectivity index (χ0v) is 20.0. The van der Waals surface area contributed by atoms with E-state index in [1.807, 2.05) is 0 Å². The van der Waals surface area contributed by atoms with Crippen LogP contribution in [0.1, 0.15) is 55.2 Å². The van der Waals surface area contributed by atoms with Crippen LogP contribution in [-0.2, 0) is 19.6 Å². The largest absolute Gasteiger partial charge is 0.393 e. The molecule has 0 amide bonds. The molecule has 5 rings (SSSR count). The van der Waals surface area contributed by atoms with Crippen molar-refractivity contribution < 1.29 is 5.11 Å². The molecule has 2 aliphatic heterocycles. The topological polar surface area (TPSA) is 38.7 Å². The zero-order valence-electron chi connectivity index (χ0n) is 20.0. The van der Waals surface area contributed by atoms with Crippen LogP contribution in [-0.4, -0.2) is 53.2 Å². The summed E-state index contributed by atoms with van der Waals surface area (Å²) in [6.45, 7) is 7.57. The van der Waals surface area contributed by atoms with E-state index in [9.17, 15) is 5.11 Å². The molecule has 0 radical (unpaired) electrons. The fraction of sp³-hybridized carbons (Fsp3) is 0.586. The van der Waals surface area contributed by atoms with Crippen LogP contribution in [0.5, 0.6) is 0 Å². The Morgan fingerprint density at radius 3 is 2.30 bits per heavy atom. The smallest absolute Gasteiger partial charge is 0.0564 e. The molecular weight excluding hydrogens is 406 g/mol. The maximum atomic E-state index is 9.83. The number of hydrogen-bond acceptors (Lipinski definition) is 4. The van der Waals surface area contributed by atoms with Crippen LogP contribution in [0.25, 0.3) is 0 Å². The van der Waals surface area contributed by atoms with Crippen LogP contribution in [0.4, 0.5) is 0 Å². The lowest BCUT2D eigenvalue weighted by molar-refractivity contribution is 0.0791. The Labute approximate surface area is 200 Å². The van der Waals surface area contributed by atoms with Crippen molar-refractivity contribution in [2.75, 3.05) is 26.2 Å². The fourth-order valence-electron chi connectivity index (χ4n) is 6.40. The van der Waals surface area contributed by atoms with Gasteiger partial charge in [-0.2, -0.15) is 0 Å². The van der Waals surface area contributed by atoms with Gasteiger partial charge in [0.05, 0.1) is 6.10 Å². The van der Waals surface area contributed by atoms with Crippen molar-refractivity contribution in [1.29, 1.82) is 0 Å². The second-order valence-electron chi connectivity index (χ2n) is 10.7. The molecule has 0 spiro atoms. The molecule has 2 N–H and O–H groups in total. The minimum absolute atomic E-state index is 0.103. The minimum atomic E-state index is -0.103. The maximum absolute atomic E-state index is 9.83. The lowest BCUT2D eigenvalue weighted by Crippen LogP contribution is -2.39. The van der Waals surface area contributed by atoms with Crippen molar-refractivity contribution in [3.63, 3.8) is 0 Å². The molecule has 3 aliphatic rings. The van der Waals surface area contributed by atoms with Gasteiger partial charge in [-0.3, -0.25) is 9.80 Å². The summed E-state index contributed by atoms with van der Waals surface area (Å²) in [6, 6.07) is 20.6. The Morgan fingerprint density at radius 1 is 0.758 bits per heavy atom. The van der Waals surface area contributed by atoms with Gasteiger partial charge in [-0.05, 0) is 54.2 Å². The molecule has 0 aromatic heterocycles. The molecule has 4 nitrogen and oxygen atoms in total. The average molecular weight is 448 g/mol. The van der Waals surface area contributed by atoms with Gasteiger partial charge in [0.25, 0.3) is 0 Å². The molecule has 3 atom stereocenters. The lowest BCUT2D eigenvalue weighted by atomic mass is 9.87. The summed E-state index contributed by atoms with van der Waals surface area (Å²) in [4.78, 5) is 5.20. The van der Waals surface area contributed by atoms with E-state index >= 15 is 0 Å². The number of nitrogens with one attached hydrogen (secondary N) is 1. The van der Waals surface area contributed by atoms with Gasteiger partial charge in [0.1, 0.15) is 0 Å². The van der Waals surface area contributed by atoms with Gasteiger partial charge < -0.3 is 10.4 Å². The number of aliphatic hydroxyl groups is 1. The number of aliphatic hydroxyl groups excluding tert-OH is 1. The van der Waals surface area contributed by atoms with Gasteiger partial charge in [-0.25, -0.2) is 0 Å². The summed E-state index contributed by atoms with van der Waals surface area (Å²) in [5.74, 6) is 1.61. The van der Waals surface area contributed by atoms with Gasteiger partial charge >= 0.3 is 0 Å². The highest BCUT2D eigenvalue weighted by Gasteiger charge is 2.38. The predicted octanol–water partition coefficient (Wildman–Crippen LogP) is 4.42. The molecule has 1 saturated carbocycles. The normalized spacial score (nSPS) is 27.4. The molecule has 2 saturated heterocycles. The molecule has 33 heavy (non-hydrogen) atoms. The van der Waals surface area contributed by atoms with Gasteiger partial charge in [0.15, 0.2) is 0 Å². The lowest BCUT2D eigenvalue weighted by Gasteiger charge is -2.30. The Kier molecular flexibility index (Phi) is 7.78. The van der Waals surface area contributed by atoms with Crippen LogP contribution >= 0.6 is 0 Å². The number of piperidine rings is 1. The number of benzene rings is 2. The first kappa shape index (κ1) is 23.0. The van der Waals surface area contributed by atoms with Crippen LogP contribution in [0.3, 0.4) is 0 Å². The summed E-state index contributed by atoms with van der Waals surface area (Å²) in [6.07, 6.45) is 7.17. The average Bonchev–Trinajstić information content (AvgIpc) is 3.14. The third kappa shape index (κ3) is 6.05. The number of nitrogens with zero attached hydrogens (tertiary/aromatic N) is 2. The molecule has 2 aromatic rings. The van der Waals surface area contributed by atoms with Crippen molar-refractivity contribution in [1.82, 2.24) is 15.1 Å². The molecule has 0 unspecified atom stereocenters. The van der Waals surface area contributed by atoms with Crippen molar-refractivity contribution in [3.05, 3.63) is 71.3 Å². The highest BCUT2D eigenvalue weighted by molar-refractivity contribution is 5.27. The molecule has 4 heteroatoms. The van der Waals surface area contributed by atoms with Crippen LogP contribution in [0, 0.1) is 11.8 Å². The van der Waals surface area contributed by atoms with E-state index in [1.165, 1.54) is 55.5 Å². The molecule has 0 bridgehead atoms. The van der Waals surface area contributed by atoms with E-state index in [2.05, 4.69) is 69.7 Å². The second kappa shape index (κ2) is 11.1. The maximum Gasteiger partial charge on any atom is 0.0564 e. The summed E-state index contributed by atoms with van der Waals surface area (Å²) < 4.78 is 0. The summed E-state index contributed by atoms with van der Waals surface area (Å²) >= 11 is 0. The van der Waals surface area contributed by atoms with E-state index < -0.39 is 0 Å². The Hall–Kier alpha value is -1.72. The first-order chi connectivity index (χ1) is 16.2. The second-order valence-corrected chi connectivity index (χ2v) is 10.7. The fourth-order valence-corrected chi connectivity index (χ4v) is 6.40. The standard InChI is InChI=1S/C29H41N3O/c33-27-14-16-31(17-15-27)20-25-11-5-4-10-24(25)18-30-29-13-7-6-12-26-21-32(22-28(26)29)19-23-8-2-1-3-9-23/h1-5,8-11,26-30,33H,6-7,12-22H2/t26-,28-,29+/m0/s1. The van der Waals surface area contributed by atoms with Crippen molar-refractivity contribution >= 4 is 0 Å². The third-order valence-electron chi connectivity index (χ3n) is 8.30. The molecule has 2 aromatic carbocycles. The van der Waals surface area contributed by atoms with Gasteiger partial charge in [0, 0.05) is 51.9 Å². The number of hydrogen-bond donors (Lipinski definition) is 2. The first-order valence-corrected chi connectivity index (χ1v) is 13.2. The van der Waals surface area contributed by atoms with E-state index in [4.69, 9.17) is 0 Å². The molecule has 2 heterocycles. The zero-order chi connectivity index (χ0) is 22.5. The highest BCUT2D eigenvalue weighted by Crippen LogP contribution is 2.36. The van der Waals surface area contributed by atoms with Crippen LogP contribution < -0.4 is 5.32 Å². The highest BCUT2D eigenvalue weighted by atomic mass is 16.3. The van der Waals surface area contributed by atoms with E-state index in [0.717, 1.165) is 57.4 Å². The number of fused-ring (bicyclic) bond motifs is 1. The van der Waals surface area contributed by atoms with Crippen molar-refractivity contribution in [2.24, 2.45) is 11.8 Å². The molecular formula is C29H41N3O. The SMILES string of the molecule is OC1CCN(Cc2ccccc2CN[C@@H]2CCCC[C@H]3CN(Cc4ccccc4)C[C@@H]32)CC1. The molecule has 178 valence electrons. The Balaban J connectivity index is 1.20. The monoisotopic (exact) mass is 447 g/mol. The summed E-state index contributed by atoms with van der Waals surface area (Å²) in [5.41, 5.74) is 4.34. The minimum Gasteiger partial charge on any atom is -0.393 e. The van der Waals surface area contributed by atoms with Crippen LogP contribution in [0.15, 0.2) is 54.6 Å². The van der Waals surface area contributed by atoms with Crippen molar-refractivity contribution in [2.45, 2.75) is 70.3 Å². The summed E-state index contributed by atoms with van der Waals surface area (Å²) in [7, 11) is 0. The van der Waals surface area contributed by atoms with E-state index in [-0.39, 0.29) is 6.10 Å². The van der Waals surface area contributed by atoms with E-state index in [1.54, 1.807) is 0 Å². The predicted molar refractivity (Wildman–Crippen MR) is 135 cm³/mol. The third-order valence-corrected chi connectivity index (χ3v) is 8.30. The Morgan fingerprint density at radius 2 is 1.48 bits per heavy atom. The Bertz CT molecular complexity index is 864. The number of rotatable bonds is 7. The first-order valence-electron chi connectivity index (χ1n) is 13.2. The summed E-state index contributed by atoms with van der Waals surface area (Å²) in [5, 5.41) is 13.9. The van der Waals surface area contributed by atoms with Gasteiger partial charge in [-0.15, -0.1) is 0 Å².